The molecule has 2 atom stereocenters. The van der Waals surface area contributed by atoms with E-state index in [4.69, 9.17) is 4.98 Å². The maximum absolute atomic E-state index is 13.6. The molecule has 4 nitrogen and oxygen atoms in total. The second kappa shape index (κ2) is 7.87. The highest BCUT2D eigenvalue weighted by Crippen LogP contribution is 2.29. The highest BCUT2D eigenvalue weighted by molar-refractivity contribution is 6.07. The van der Waals surface area contributed by atoms with Crippen LogP contribution in [0.15, 0.2) is 30.3 Å². The first kappa shape index (κ1) is 18.3. The van der Waals surface area contributed by atoms with E-state index in [1.54, 1.807) is 0 Å². The Kier molecular flexibility index (Phi) is 5.33. The Morgan fingerprint density at radius 1 is 1.15 bits per heavy atom. The third-order valence-corrected chi connectivity index (χ3v) is 6.27. The molecule has 2 aromatic rings. The molecule has 1 aromatic heterocycles. The van der Waals surface area contributed by atoms with E-state index < -0.39 is 0 Å². The van der Waals surface area contributed by atoms with E-state index in [0.717, 1.165) is 61.2 Å². The lowest BCUT2D eigenvalue weighted by Gasteiger charge is -2.36. The van der Waals surface area contributed by atoms with Gasteiger partial charge in [0, 0.05) is 31.1 Å². The summed E-state index contributed by atoms with van der Waals surface area (Å²) in [4.78, 5) is 23.0. The van der Waals surface area contributed by atoms with Gasteiger partial charge in [-0.25, -0.2) is 4.98 Å². The van der Waals surface area contributed by atoms with Crippen LogP contribution >= 0.6 is 0 Å². The number of carbonyl (C=O) groups excluding carboxylic acids is 1. The fourth-order valence-corrected chi connectivity index (χ4v) is 4.74. The van der Waals surface area contributed by atoms with E-state index in [1.165, 1.54) is 19.3 Å². The average Bonchev–Trinajstić information content (AvgIpc) is 2.72. The summed E-state index contributed by atoms with van der Waals surface area (Å²) in [6, 6.07) is 10.5. The molecule has 0 aliphatic carbocycles. The fraction of sp³-hybridized carbons (Fsp3) is 0.565. The van der Waals surface area contributed by atoms with E-state index in [9.17, 15) is 4.79 Å². The van der Waals surface area contributed by atoms with E-state index in [1.807, 2.05) is 24.3 Å². The Balaban J connectivity index is 1.75. The summed E-state index contributed by atoms with van der Waals surface area (Å²) in [7, 11) is 0. The maximum Gasteiger partial charge on any atom is 0.254 e. The molecule has 3 heterocycles. The van der Waals surface area contributed by atoms with Crippen molar-refractivity contribution in [1.29, 1.82) is 0 Å². The molecule has 2 fully saturated rings. The highest BCUT2D eigenvalue weighted by Gasteiger charge is 2.28. The summed E-state index contributed by atoms with van der Waals surface area (Å²) in [5.74, 6) is 1.83. The molecular weight excluding hydrogens is 334 g/mol. The van der Waals surface area contributed by atoms with Gasteiger partial charge in [-0.2, -0.15) is 0 Å². The minimum absolute atomic E-state index is 0.187. The molecular formula is C23H31N3O. The number of para-hydroxylation sites is 1. The van der Waals surface area contributed by atoms with Gasteiger partial charge >= 0.3 is 0 Å². The van der Waals surface area contributed by atoms with Gasteiger partial charge in [-0.1, -0.05) is 32.0 Å². The molecule has 1 aromatic carbocycles. The van der Waals surface area contributed by atoms with Crippen LogP contribution in [0.2, 0.25) is 0 Å². The fourth-order valence-electron chi connectivity index (χ4n) is 4.74. The molecule has 0 N–H and O–H groups in total. The van der Waals surface area contributed by atoms with Gasteiger partial charge in [-0.15, -0.1) is 0 Å². The lowest BCUT2D eigenvalue weighted by atomic mass is 9.97. The Labute approximate surface area is 162 Å². The van der Waals surface area contributed by atoms with Crippen molar-refractivity contribution in [2.24, 2.45) is 5.92 Å². The number of amides is 1. The van der Waals surface area contributed by atoms with Crippen molar-refractivity contribution in [1.82, 2.24) is 9.88 Å². The topological polar surface area (TPSA) is 36.4 Å². The Hall–Kier alpha value is -2.10. The third-order valence-electron chi connectivity index (χ3n) is 6.27. The van der Waals surface area contributed by atoms with Gasteiger partial charge in [0.05, 0.1) is 11.1 Å². The Morgan fingerprint density at radius 2 is 2.00 bits per heavy atom. The quantitative estimate of drug-likeness (QED) is 0.778. The normalized spacial score (nSPS) is 23.6. The third kappa shape index (κ3) is 3.67. The van der Waals surface area contributed by atoms with E-state index in [0.29, 0.717) is 12.0 Å². The number of piperidine rings is 2. The summed E-state index contributed by atoms with van der Waals surface area (Å²) in [6.45, 7) is 7.44. The van der Waals surface area contributed by atoms with Crippen molar-refractivity contribution in [3.8, 4) is 0 Å². The largest absolute Gasteiger partial charge is 0.356 e. The van der Waals surface area contributed by atoms with Gasteiger partial charge in [-0.3, -0.25) is 4.79 Å². The summed E-state index contributed by atoms with van der Waals surface area (Å²) in [5.41, 5.74) is 1.76. The summed E-state index contributed by atoms with van der Waals surface area (Å²) in [5, 5.41) is 0.983. The van der Waals surface area contributed by atoms with Gasteiger partial charge in [0.1, 0.15) is 5.82 Å². The second-order valence-electron chi connectivity index (χ2n) is 8.29. The molecule has 2 unspecified atom stereocenters. The number of anilines is 1. The first-order valence-electron chi connectivity index (χ1n) is 10.6. The van der Waals surface area contributed by atoms with Crippen LogP contribution in [0.1, 0.15) is 62.7 Å². The van der Waals surface area contributed by atoms with Crippen molar-refractivity contribution < 1.29 is 4.79 Å². The number of pyridine rings is 1. The van der Waals surface area contributed by atoms with Crippen molar-refractivity contribution in [2.45, 2.75) is 58.4 Å². The van der Waals surface area contributed by atoms with Crippen LogP contribution in [0.4, 0.5) is 5.82 Å². The standard InChI is InChI=1S/C23H31N3O/c1-3-18-10-6-7-14-26(18)23(27)20-15-22(25-13-8-9-17(2)16-25)24-21-12-5-4-11-19(20)21/h4-5,11-12,15,17-18H,3,6-10,13-14,16H2,1-2H3. The maximum atomic E-state index is 13.6. The van der Waals surface area contributed by atoms with E-state index in [-0.39, 0.29) is 5.91 Å². The minimum Gasteiger partial charge on any atom is -0.356 e. The van der Waals surface area contributed by atoms with Crippen LogP contribution in [-0.4, -0.2) is 41.5 Å². The van der Waals surface area contributed by atoms with Crippen molar-refractivity contribution >= 4 is 22.6 Å². The predicted molar refractivity (Wildman–Crippen MR) is 111 cm³/mol. The van der Waals surface area contributed by atoms with E-state index >= 15 is 0 Å². The highest BCUT2D eigenvalue weighted by atomic mass is 16.2. The molecule has 2 aliphatic rings. The minimum atomic E-state index is 0.187. The van der Waals surface area contributed by atoms with Gasteiger partial charge in [-0.05, 0) is 56.6 Å². The van der Waals surface area contributed by atoms with Gasteiger partial charge in [0.25, 0.3) is 5.91 Å². The number of benzene rings is 1. The number of nitrogens with zero attached hydrogens (tertiary/aromatic N) is 3. The average molecular weight is 366 g/mol. The molecule has 144 valence electrons. The van der Waals surface area contributed by atoms with Crippen molar-refractivity contribution in [3.63, 3.8) is 0 Å². The van der Waals surface area contributed by atoms with Crippen LogP contribution in [0.25, 0.3) is 10.9 Å². The van der Waals surface area contributed by atoms with Crippen molar-refractivity contribution in [2.75, 3.05) is 24.5 Å². The van der Waals surface area contributed by atoms with Crippen LogP contribution in [0, 0.1) is 5.92 Å². The number of hydrogen-bond acceptors (Lipinski definition) is 3. The van der Waals surface area contributed by atoms with Crippen LogP contribution in [0.5, 0.6) is 0 Å². The molecule has 4 rings (SSSR count). The SMILES string of the molecule is CCC1CCCCN1C(=O)c1cc(N2CCCC(C)C2)nc2ccccc12. The van der Waals surface area contributed by atoms with Gasteiger partial charge in [0.15, 0.2) is 0 Å². The number of likely N-dealkylation sites (tertiary alicyclic amines) is 1. The Bertz CT molecular complexity index is 818. The molecule has 2 aliphatic heterocycles. The number of rotatable bonds is 3. The Morgan fingerprint density at radius 3 is 2.81 bits per heavy atom. The monoisotopic (exact) mass is 365 g/mol. The molecule has 0 bridgehead atoms. The first-order valence-corrected chi connectivity index (χ1v) is 10.6. The lowest BCUT2D eigenvalue weighted by molar-refractivity contribution is 0.0610. The number of hydrogen-bond donors (Lipinski definition) is 0. The number of fused-ring (bicyclic) bond motifs is 1. The lowest BCUT2D eigenvalue weighted by Crippen LogP contribution is -2.43. The van der Waals surface area contributed by atoms with E-state index in [2.05, 4.69) is 29.7 Å². The number of aromatic nitrogens is 1. The zero-order chi connectivity index (χ0) is 18.8. The first-order chi connectivity index (χ1) is 13.2. The zero-order valence-electron chi connectivity index (χ0n) is 16.7. The molecule has 0 spiro atoms. The second-order valence-corrected chi connectivity index (χ2v) is 8.29. The molecule has 0 radical (unpaired) electrons. The predicted octanol–water partition coefficient (Wildman–Crippen LogP) is 4.88. The van der Waals surface area contributed by atoms with Gasteiger partial charge < -0.3 is 9.80 Å². The molecule has 2 saturated heterocycles. The van der Waals surface area contributed by atoms with Crippen LogP contribution in [-0.2, 0) is 0 Å². The molecule has 1 amide bonds. The number of carbonyl (C=O) groups is 1. The molecule has 0 saturated carbocycles. The summed E-state index contributed by atoms with van der Waals surface area (Å²) in [6.07, 6.45) is 6.98. The van der Waals surface area contributed by atoms with Gasteiger partial charge in [0.2, 0.25) is 0 Å². The zero-order valence-corrected chi connectivity index (χ0v) is 16.7. The van der Waals surface area contributed by atoms with Crippen LogP contribution < -0.4 is 4.90 Å². The molecule has 4 heteroatoms. The summed E-state index contributed by atoms with van der Waals surface area (Å²) < 4.78 is 0. The summed E-state index contributed by atoms with van der Waals surface area (Å²) >= 11 is 0. The van der Waals surface area contributed by atoms with Crippen molar-refractivity contribution in [3.05, 3.63) is 35.9 Å². The molecule has 27 heavy (non-hydrogen) atoms. The van der Waals surface area contributed by atoms with Crippen LogP contribution in [0.3, 0.4) is 0 Å². The smallest absolute Gasteiger partial charge is 0.254 e.